The van der Waals surface area contributed by atoms with Crippen LogP contribution in [0.1, 0.15) is 12.5 Å². The molecular formula is C11H14N4O2S2. The van der Waals surface area contributed by atoms with Gasteiger partial charge in [0.15, 0.2) is 0 Å². The second-order valence-corrected chi connectivity index (χ2v) is 6.55. The first-order chi connectivity index (χ1) is 9.12. The second-order valence-electron chi connectivity index (χ2n) is 3.73. The van der Waals surface area contributed by atoms with Crippen LogP contribution in [0.4, 0.5) is 5.95 Å². The van der Waals surface area contributed by atoms with Crippen molar-refractivity contribution in [3.8, 4) is 0 Å². The highest BCUT2D eigenvalue weighted by Gasteiger charge is 2.17. The van der Waals surface area contributed by atoms with Crippen molar-refractivity contribution in [2.24, 2.45) is 0 Å². The molecule has 0 aliphatic carbocycles. The summed E-state index contributed by atoms with van der Waals surface area (Å²) in [7, 11) is -3.60. The Bertz CT molecular complexity index is 625. The molecule has 0 aromatic carbocycles. The minimum atomic E-state index is -3.60. The van der Waals surface area contributed by atoms with Crippen LogP contribution in [-0.2, 0) is 16.6 Å². The van der Waals surface area contributed by atoms with Gasteiger partial charge < -0.3 is 5.32 Å². The summed E-state index contributed by atoms with van der Waals surface area (Å²) in [4.78, 5) is 7.67. The Morgan fingerprint density at radius 2 is 2.05 bits per heavy atom. The predicted molar refractivity (Wildman–Crippen MR) is 74.5 cm³/mol. The molecule has 8 heteroatoms. The van der Waals surface area contributed by atoms with Gasteiger partial charge in [-0.2, -0.15) is 0 Å². The highest BCUT2D eigenvalue weighted by molar-refractivity contribution is 7.94. The zero-order valence-electron chi connectivity index (χ0n) is 10.3. The van der Waals surface area contributed by atoms with Gasteiger partial charge in [-0.15, -0.1) is 11.3 Å². The summed E-state index contributed by atoms with van der Waals surface area (Å²) >= 11 is 1.18. The Balaban J connectivity index is 2.13. The van der Waals surface area contributed by atoms with Gasteiger partial charge in [0.1, 0.15) is 4.21 Å². The number of anilines is 1. The van der Waals surface area contributed by atoms with E-state index in [1.165, 1.54) is 23.7 Å². The topological polar surface area (TPSA) is 84.0 Å². The Kier molecular flexibility index (Phi) is 4.46. The molecule has 0 amide bonds. The number of nitrogens with zero attached hydrogens (tertiary/aromatic N) is 2. The number of hydrogen-bond donors (Lipinski definition) is 2. The summed E-state index contributed by atoms with van der Waals surface area (Å²) in [6.45, 7) is 3.50. The highest BCUT2D eigenvalue weighted by atomic mass is 32.2. The molecule has 0 radical (unpaired) electrons. The van der Waals surface area contributed by atoms with Crippen molar-refractivity contribution in [3.63, 3.8) is 0 Å². The van der Waals surface area contributed by atoms with Crippen LogP contribution < -0.4 is 10.0 Å². The molecule has 19 heavy (non-hydrogen) atoms. The molecule has 0 bridgehead atoms. The van der Waals surface area contributed by atoms with Crippen LogP contribution in [0, 0.1) is 0 Å². The van der Waals surface area contributed by atoms with Gasteiger partial charge in [-0.3, -0.25) is 0 Å². The second kappa shape index (κ2) is 6.09. The third-order valence-corrected chi connectivity index (χ3v) is 5.08. The summed E-state index contributed by atoms with van der Waals surface area (Å²) in [5.41, 5.74) is 0.946. The summed E-state index contributed by atoms with van der Waals surface area (Å²) in [5, 5.41) is 4.97. The molecule has 0 aliphatic rings. The Hall–Kier alpha value is -1.51. The first kappa shape index (κ1) is 13.9. The third kappa shape index (κ3) is 3.72. The van der Waals surface area contributed by atoms with Gasteiger partial charge in [0.25, 0.3) is 10.0 Å². The molecule has 2 aromatic heterocycles. The van der Waals surface area contributed by atoms with Crippen molar-refractivity contribution in [3.05, 3.63) is 35.5 Å². The van der Waals surface area contributed by atoms with E-state index in [2.05, 4.69) is 20.0 Å². The van der Waals surface area contributed by atoms with E-state index >= 15 is 0 Å². The fraction of sp³-hybridized carbons (Fsp3) is 0.273. The third-order valence-electron chi connectivity index (χ3n) is 2.27. The van der Waals surface area contributed by atoms with E-state index in [1.807, 2.05) is 12.3 Å². The number of sulfonamides is 1. The van der Waals surface area contributed by atoms with Crippen LogP contribution in [0.3, 0.4) is 0 Å². The number of rotatable bonds is 6. The monoisotopic (exact) mass is 298 g/mol. The average molecular weight is 298 g/mol. The lowest BCUT2D eigenvalue weighted by molar-refractivity contribution is 0.602. The minimum absolute atomic E-state index is 0.0733. The molecule has 0 aliphatic heterocycles. The zero-order valence-corrected chi connectivity index (χ0v) is 12.0. The number of hydrogen-bond acceptors (Lipinski definition) is 6. The first-order valence-corrected chi connectivity index (χ1v) is 8.06. The van der Waals surface area contributed by atoms with Gasteiger partial charge in [0, 0.05) is 18.9 Å². The van der Waals surface area contributed by atoms with E-state index in [0.29, 0.717) is 6.54 Å². The fourth-order valence-electron chi connectivity index (χ4n) is 1.38. The Labute approximate surface area is 116 Å². The van der Waals surface area contributed by atoms with E-state index in [0.717, 1.165) is 12.1 Å². The van der Waals surface area contributed by atoms with Crippen molar-refractivity contribution in [1.82, 2.24) is 15.3 Å². The van der Waals surface area contributed by atoms with E-state index in [9.17, 15) is 8.42 Å². The highest BCUT2D eigenvalue weighted by Crippen LogP contribution is 2.21. The average Bonchev–Trinajstić information content (AvgIpc) is 2.86. The maximum Gasteiger partial charge on any atom is 0.273 e. The van der Waals surface area contributed by atoms with Crippen LogP contribution in [0.5, 0.6) is 0 Å². The Morgan fingerprint density at radius 3 is 2.74 bits per heavy atom. The van der Waals surface area contributed by atoms with E-state index < -0.39 is 10.0 Å². The van der Waals surface area contributed by atoms with Gasteiger partial charge in [-0.1, -0.05) is 6.92 Å². The number of thiophene rings is 1. The molecule has 0 unspecified atom stereocenters. The molecule has 0 saturated heterocycles. The largest absolute Gasteiger partial charge is 0.313 e. The smallest absolute Gasteiger partial charge is 0.273 e. The first-order valence-electron chi connectivity index (χ1n) is 5.70. The molecule has 6 nitrogen and oxygen atoms in total. The van der Waals surface area contributed by atoms with E-state index in [1.54, 1.807) is 12.1 Å². The van der Waals surface area contributed by atoms with Gasteiger partial charge in [0.2, 0.25) is 5.95 Å². The summed E-state index contributed by atoms with van der Waals surface area (Å²) in [5.74, 6) is 0.0733. The maximum absolute atomic E-state index is 12.1. The lowest BCUT2D eigenvalue weighted by Crippen LogP contribution is -2.14. The quantitative estimate of drug-likeness (QED) is 0.843. The minimum Gasteiger partial charge on any atom is -0.313 e. The number of aromatic nitrogens is 2. The van der Waals surface area contributed by atoms with Gasteiger partial charge in [0.05, 0.1) is 0 Å². The van der Waals surface area contributed by atoms with Crippen LogP contribution in [0.2, 0.25) is 0 Å². The molecule has 0 saturated carbocycles. The normalized spacial score (nSPS) is 11.4. The lowest BCUT2D eigenvalue weighted by Gasteiger charge is -2.03. The van der Waals surface area contributed by atoms with Crippen LogP contribution in [0.15, 0.2) is 34.1 Å². The molecule has 0 spiro atoms. The van der Waals surface area contributed by atoms with Crippen LogP contribution in [0.25, 0.3) is 0 Å². The molecule has 0 fully saturated rings. The van der Waals surface area contributed by atoms with Crippen LogP contribution >= 0.6 is 11.3 Å². The van der Waals surface area contributed by atoms with Crippen molar-refractivity contribution in [1.29, 1.82) is 0 Å². The van der Waals surface area contributed by atoms with Crippen LogP contribution in [-0.4, -0.2) is 24.9 Å². The molecule has 102 valence electrons. The van der Waals surface area contributed by atoms with E-state index in [-0.39, 0.29) is 10.2 Å². The van der Waals surface area contributed by atoms with Crippen molar-refractivity contribution in [2.75, 3.05) is 11.3 Å². The van der Waals surface area contributed by atoms with Crippen molar-refractivity contribution in [2.45, 2.75) is 17.7 Å². The molecule has 2 aromatic rings. The fourth-order valence-corrected chi connectivity index (χ4v) is 3.55. The molecule has 2 N–H and O–H groups in total. The molecule has 0 atom stereocenters. The van der Waals surface area contributed by atoms with E-state index in [4.69, 9.17) is 0 Å². The lowest BCUT2D eigenvalue weighted by atomic mass is 10.3. The molecule has 2 heterocycles. The molecule has 2 rings (SSSR count). The van der Waals surface area contributed by atoms with Gasteiger partial charge in [-0.05, 0) is 29.6 Å². The van der Waals surface area contributed by atoms with Crippen molar-refractivity contribution >= 4 is 27.3 Å². The SMILES string of the molecule is CCNCc1csc(S(=O)(=O)Nc2ncccn2)c1. The maximum atomic E-state index is 12.1. The summed E-state index contributed by atoms with van der Waals surface area (Å²) in [6.07, 6.45) is 2.96. The van der Waals surface area contributed by atoms with Gasteiger partial charge >= 0.3 is 0 Å². The Morgan fingerprint density at radius 1 is 1.32 bits per heavy atom. The van der Waals surface area contributed by atoms with Gasteiger partial charge in [-0.25, -0.2) is 23.1 Å². The molecular weight excluding hydrogens is 284 g/mol. The number of nitrogens with one attached hydrogen (secondary N) is 2. The standard InChI is InChI=1S/C11H14N4O2S2/c1-2-12-7-9-6-10(18-8-9)19(16,17)15-11-13-4-3-5-14-11/h3-6,8,12H,2,7H2,1H3,(H,13,14,15). The summed E-state index contributed by atoms with van der Waals surface area (Å²) in [6, 6.07) is 3.27. The summed E-state index contributed by atoms with van der Waals surface area (Å²) < 4.78 is 26.8. The predicted octanol–water partition coefficient (Wildman–Crippen LogP) is 1.45. The van der Waals surface area contributed by atoms with Crippen molar-refractivity contribution < 1.29 is 8.42 Å². The zero-order chi connectivity index (χ0) is 13.7.